The molecule has 38 heavy (non-hydrogen) atoms. The molecule has 0 unspecified atom stereocenters. The molecule has 2 heterocycles. The predicted octanol–water partition coefficient (Wildman–Crippen LogP) is 8.28. The summed E-state index contributed by atoms with van der Waals surface area (Å²) in [6, 6.07) is 5.28. The number of allylic oxidation sites excluding steroid dienone is 4. The molecule has 6 nitrogen and oxygen atoms in total. The Morgan fingerprint density at radius 2 is 1.92 bits per heavy atom. The third kappa shape index (κ3) is 7.61. The maximum absolute atomic E-state index is 13.3. The van der Waals surface area contributed by atoms with Crippen LogP contribution in [0.3, 0.4) is 0 Å². The standard InChI is InChI=1S/C26H27Cl2F3N4O2S/c1-14(2)19(13-35-12-17(26(29,30)31)10-20(27)15(35)3)23-34-33-22(38-23)18-8-7-16(9-21(18)28)11-32-24(36)37-25(4,5)6/h7-10,12-14H,3,11H2,1-2,4-6H3,(H,32,36)/b19-13+. The fraction of sp³-hybridized carbons (Fsp3) is 0.346. The van der Waals surface area contributed by atoms with Crippen molar-refractivity contribution in [3.63, 3.8) is 0 Å². The zero-order valence-corrected chi connectivity index (χ0v) is 23.7. The number of aromatic nitrogens is 2. The first-order valence-electron chi connectivity index (χ1n) is 11.5. The van der Waals surface area contributed by atoms with Gasteiger partial charge in [0.05, 0.1) is 21.3 Å². The predicted molar refractivity (Wildman–Crippen MR) is 145 cm³/mol. The van der Waals surface area contributed by atoms with E-state index in [0.717, 1.165) is 17.8 Å². The van der Waals surface area contributed by atoms with E-state index in [1.807, 2.05) is 13.8 Å². The number of carbonyl (C=O) groups is 1. The van der Waals surface area contributed by atoms with Gasteiger partial charge in [-0.2, -0.15) is 13.2 Å². The minimum atomic E-state index is -4.56. The van der Waals surface area contributed by atoms with Crippen LogP contribution in [0, 0.1) is 5.92 Å². The van der Waals surface area contributed by atoms with Crippen LogP contribution in [-0.4, -0.2) is 33.0 Å². The zero-order chi connectivity index (χ0) is 28.4. The largest absolute Gasteiger partial charge is 0.444 e. The van der Waals surface area contributed by atoms with Gasteiger partial charge in [-0.15, -0.1) is 10.2 Å². The summed E-state index contributed by atoms with van der Waals surface area (Å²) in [6.07, 6.45) is -1.78. The van der Waals surface area contributed by atoms with Gasteiger partial charge in [0.2, 0.25) is 0 Å². The highest BCUT2D eigenvalue weighted by Gasteiger charge is 2.35. The van der Waals surface area contributed by atoms with Gasteiger partial charge in [-0.1, -0.05) is 67.1 Å². The zero-order valence-electron chi connectivity index (χ0n) is 21.4. The number of rotatable bonds is 6. The lowest BCUT2D eigenvalue weighted by atomic mass is 10.0. The third-order valence-corrected chi connectivity index (χ3v) is 6.79. The Balaban J connectivity index is 1.84. The molecule has 1 amide bonds. The minimum Gasteiger partial charge on any atom is -0.444 e. The lowest BCUT2D eigenvalue weighted by molar-refractivity contribution is -0.0892. The molecule has 1 aromatic carbocycles. The Morgan fingerprint density at radius 1 is 1.24 bits per heavy atom. The Bertz CT molecular complexity index is 1320. The Hall–Kier alpha value is -2.82. The molecule has 0 fully saturated rings. The van der Waals surface area contributed by atoms with Crippen LogP contribution in [0.1, 0.15) is 45.2 Å². The number of nitrogens with zero attached hydrogens (tertiary/aromatic N) is 3. The van der Waals surface area contributed by atoms with Gasteiger partial charge in [-0.3, -0.25) is 0 Å². The van der Waals surface area contributed by atoms with Gasteiger partial charge in [0.25, 0.3) is 0 Å². The number of nitrogens with one attached hydrogen (secondary N) is 1. The molecule has 12 heteroatoms. The first-order chi connectivity index (χ1) is 17.5. The van der Waals surface area contributed by atoms with Crippen LogP contribution < -0.4 is 5.32 Å². The van der Waals surface area contributed by atoms with Gasteiger partial charge in [0.1, 0.15) is 15.6 Å². The van der Waals surface area contributed by atoms with Crippen molar-refractivity contribution in [1.82, 2.24) is 20.4 Å². The maximum atomic E-state index is 13.3. The molecule has 1 aliphatic rings. The average Bonchev–Trinajstić information content (AvgIpc) is 3.26. The van der Waals surface area contributed by atoms with Crippen molar-refractivity contribution in [2.45, 2.75) is 52.9 Å². The molecule has 0 saturated heterocycles. The summed E-state index contributed by atoms with van der Waals surface area (Å²) in [5.74, 6) is -0.104. The van der Waals surface area contributed by atoms with Crippen molar-refractivity contribution in [3.8, 4) is 10.6 Å². The van der Waals surface area contributed by atoms with Gasteiger partial charge in [0.15, 0.2) is 0 Å². The van der Waals surface area contributed by atoms with Gasteiger partial charge < -0.3 is 15.0 Å². The Labute approximate surface area is 233 Å². The van der Waals surface area contributed by atoms with E-state index in [4.69, 9.17) is 27.9 Å². The van der Waals surface area contributed by atoms with Gasteiger partial charge in [-0.25, -0.2) is 4.79 Å². The maximum Gasteiger partial charge on any atom is 0.417 e. The Kier molecular flexibility index (Phi) is 9.00. The van der Waals surface area contributed by atoms with E-state index in [-0.39, 0.29) is 23.2 Å². The summed E-state index contributed by atoms with van der Waals surface area (Å²) in [5, 5.41) is 12.6. The van der Waals surface area contributed by atoms with E-state index in [2.05, 4.69) is 22.1 Å². The lowest BCUT2D eigenvalue weighted by Crippen LogP contribution is -2.32. The number of hydrogen-bond donors (Lipinski definition) is 1. The highest BCUT2D eigenvalue weighted by Crippen LogP contribution is 2.38. The number of benzene rings is 1. The lowest BCUT2D eigenvalue weighted by Gasteiger charge is -2.26. The molecule has 0 spiro atoms. The normalized spacial score (nSPS) is 15.0. The van der Waals surface area contributed by atoms with Crippen LogP contribution in [0.2, 0.25) is 5.02 Å². The van der Waals surface area contributed by atoms with Crippen molar-refractivity contribution in [2.24, 2.45) is 5.92 Å². The fourth-order valence-electron chi connectivity index (χ4n) is 3.26. The number of alkyl halides is 3. The van der Waals surface area contributed by atoms with Crippen molar-refractivity contribution in [1.29, 1.82) is 0 Å². The molecular weight excluding hydrogens is 560 g/mol. The molecule has 0 saturated carbocycles. The average molecular weight is 587 g/mol. The summed E-state index contributed by atoms with van der Waals surface area (Å²) in [7, 11) is 0. The number of halogens is 5. The smallest absolute Gasteiger partial charge is 0.417 e. The third-order valence-electron chi connectivity index (χ3n) is 5.15. The first-order valence-corrected chi connectivity index (χ1v) is 13.1. The molecular formula is C26H27Cl2F3N4O2S. The number of carbonyl (C=O) groups excluding carboxylic acids is 1. The topological polar surface area (TPSA) is 67.4 Å². The van der Waals surface area contributed by atoms with Crippen molar-refractivity contribution in [2.75, 3.05) is 0 Å². The number of alkyl carbamates (subject to hydrolysis) is 1. The van der Waals surface area contributed by atoms with E-state index in [1.54, 1.807) is 39.0 Å². The Morgan fingerprint density at radius 3 is 2.50 bits per heavy atom. The molecule has 0 aliphatic carbocycles. The summed E-state index contributed by atoms with van der Waals surface area (Å²) in [4.78, 5) is 13.2. The van der Waals surface area contributed by atoms with Crippen LogP contribution in [0.4, 0.5) is 18.0 Å². The van der Waals surface area contributed by atoms with E-state index < -0.39 is 23.4 Å². The second-order valence-electron chi connectivity index (χ2n) is 9.75. The molecule has 1 aliphatic heterocycles. The minimum absolute atomic E-state index is 0.104. The SMILES string of the molecule is C=C1C(Cl)=CC(C(F)(F)F)=CN1/C=C(/c1nnc(-c2ccc(CNC(=O)OC(C)(C)C)cc2Cl)s1)C(C)C. The molecule has 1 aromatic heterocycles. The van der Waals surface area contributed by atoms with Crippen LogP contribution in [0.25, 0.3) is 16.1 Å². The molecule has 3 rings (SSSR count). The molecule has 0 atom stereocenters. The van der Waals surface area contributed by atoms with Crippen LogP contribution >= 0.6 is 34.5 Å². The first kappa shape index (κ1) is 29.7. The summed E-state index contributed by atoms with van der Waals surface area (Å²) < 4.78 is 45.2. The second-order valence-corrected chi connectivity index (χ2v) is 11.5. The highest BCUT2D eigenvalue weighted by atomic mass is 35.5. The molecule has 2 aromatic rings. The van der Waals surface area contributed by atoms with E-state index in [1.165, 1.54) is 22.4 Å². The van der Waals surface area contributed by atoms with E-state index in [9.17, 15) is 18.0 Å². The number of ether oxygens (including phenoxy) is 1. The van der Waals surface area contributed by atoms with Gasteiger partial charge in [-0.05, 0) is 44.4 Å². The molecule has 0 radical (unpaired) electrons. The fourth-order valence-corrected chi connectivity index (χ4v) is 4.86. The van der Waals surface area contributed by atoms with Crippen molar-refractivity contribution >= 4 is 46.2 Å². The summed E-state index contributed by atoms with van der Waals surface area (Å²) in [6.45, 7) is 13.1. The van der Waals surface area contributed by atoms with Gasteiger partial charge >= 0.3 is 12.3 Å². The quantitative estimate of drug-likeness (QED) is 0.369. The summed E-state index contributed by atoms with van der Waals surface area (Å²) in [5.41, 5.74) is 0.755. The van der Waals surface area contributed by atoms with Crippen LogP contribution in [0.5, 0.6) is 0 Å². The van der Waals surface area contributed by atoms with E-state index in [0.29, 0.717) is 26.2 Å². The van der Waals surface area contributed by atoms with Crippen LogP contribution in [-0.2, 0) is 11.3 Å². The van der Waals surface area contributed by atoms with Gasteiger partial charge in [0, 0.05) is 30.1 Å². The second kappa shape index (κ2) is 11.5. The van der Waals surface area contributed by atoms with E-state index >= 15 is 0 Å². The molecule has 0 bridgehead atoms. The van der Waals surface area contributed by atoms with Crippen LogP contribution in [0.15, 0.2) is 59.6 Å². The van der Waals surface area contributed by atoms with Crippen molar-refractivity contribution in [3.05, 3.63) is 75.2 Å². The number of amides is 1. The summed E-state index contributed by atoms with van der Waals surface area (Å²) >= 11 is 13.8. The monoisotopic (exact) mass is 586 g/mol. The molecule has 1 N–H and O–H groups in total. The molecule has 204 valence electrons. The highest BCUT2D eigenvalue weighted by molar-refractivity contribution is 7.15. The van der Waals surface area contributed by atoms with Crippen molar-refractivity contribution < 1.29 is 22.7 Å². The number of hydrogen-bond acceptors (Lipinski definition) is 6.